The van der Waals surface area contributed by atoms with Crippen molar-refractivity contribution in [1.29, 1.82) is 0 Å². The normalized spacial score (nSPS) is 18.1. The van der Waals surface area contributed by atoms with Gasteiger partial charge >= 0.3 is 0 Å². The van der Waals surface area contributed by atoms with Gasteiger partial charge in [0.15, 0.2) is 9.76 Å². The minimum Gasteiger partial charge on any atom is -0.497 e. The molecule has 30 heavy (non-hydrogen) atoms. The Balaban J connectivity index is 1.78. The Kier molecular flexibility index (Phi) is 7.11. The monoisotopic (exact) mass is 425 g/mol. The molecule has 0 amide bonds. The van der Waals surface area contributed by atoms with E-state index in [-0.39, 0.29) is 11.0 Å². The summed E-state index contributed by atoms with van der Waals surface area (Å²) in [6.07, 6.45) is 2.24. The summed E-state index contributed by atoms with van der Waals surface area (Å²) < 4.78 is 12.2. The summed E-state index contributed by atoms with van der Waals surface area (Å²) in [6.45, 7) is 14.7. The fourth-order valence-corrected chi connectivity index (χ4v) is 5.72. The third-order valence-corrected chi connectivity index (χ3v) is 8.33. The van der Waals surface area contributed by atoms with Gasteiger partial charge in [0.1, 0.15) is 5.75 Å². The van der Waals surface area contributed by atoms with Crippen molar-refractivity contribution in [3.05, 3.63) is 65.7 Å². The van der Waals surface area contributed by atoms with E-state index in [2.05, 4.69) is 88.0 Å². The molecule has 0 saturated carbocycles. The SMILES string of the molecule is COc1cccc(CN2CCC(c3ccccc3)(C(C)(C)O[SiH2]C(C)(C)C)CC2)c1. The van der Waals surface area contributed by atoms with E-state index in [1.54, 1.807) is 7.11 Å². The Morgan fingerprint density at radius 1 is 0.933 bits per heavy atom. The Hall–Kier alpha value is -1.62. The highest BCUT2D eigenvalue weighted by Crippen LogP contribution is 2.47. The summed E-state index contributed by atoms with van der Waals surface area (Å²) in [4.78, 5) is 2.58. The van der Waals surface area contributed by atoms with Gasteiger partial charge in [-0.2, -0.15) is 0 Å². The van der Waals surface area contributed by atoms with Crippen LogP contribution in [0.2, 0.25) is 5.04 Å². The zero-order chi connectivity index (χ0) is 21.8. The van der Waals surface area contributed by atoms with Gasteiger partial charge in [0.05, 0.1) is 12.7 Å². The lowest BCUT2D eigenvalue weighted by Crippen LogP contribution is -2.56. The zero-order valence-electron chi connectivity index (χ0n) is 19.7. The summed E-state index contributed by atoms with van der Waals surface area (Å²) in [6, 6.07) is 19.5. The van der Waals surface area contributed by atoms with E-state index in [4.69, 9.17) is 9.16 Å². The molecule has 0 atom stereocenters. The summed E-state index contributed by atoms with van der Waals surface area (Å²) in [7, 11) is 1.10. The van der Waals surface area contributed by atoms with Crippen molar-refractivity contribution in [3.8, 4) is 5.75 Å². The summed E-state index contributed by atoms with van der Waals surface area (Å²) >= 11 is 0. The van der Waals surface area contributed by atoms with E-state index < -0.39 is 9.76 Å². The zero-order valence-corrected chi connectivity index (χ0v) is 21.1. The Morgan fingerprint density at radius 2 is 1.60 bits per heavy atom. The highest BCUT2D eigenvalue weighted by molar-refractivity contribution is 6.31. The molecule has 1 saturated heterocycles. The lowest BCUT2D eigenvalue weighted by molar-refractivity contribution is -0.0209. The molecule has 0 bridgehead atoms. The van der Waals surface area contributed by atoms with Crippen molar-refractivity contribution in [2.75, 3.05) is 20.2 Å². The molecule has 2 aromatic carbocycles. The van der Waals surface area contributed by atoms with Crippen LogP contribution in [-0.2, 0) is 16.4 Å². The molecule has 0 radical (unpaired) electrons. The largest absolute Gasteiger partial charge is 0.497 e. The van der Waals surface area contributed by atoms with Crippen molar-refractivity contribution < 1.29 is 9.16 Å². The van der Waals surface area contributed by atoms with Crippen LogP contribution in [-0.4, -0.2) is 40.5 Å². The minimum absolute atomic E-state index is 0.0530. The van der Waals surface area contributed by atoms with E-state index in [0.717, 1.165) is 38.2 Å². The van der Waals surface area contributed by atoms with E-state index in [0.29, 0.717) is 5.04 Å². The number of nitrogens with zero attached hydrogens (tertiary/aromatic N) is 1. The number of hydrogen-bond acceptors (Lipinski definition) is 3. The third kappa shape index (κ3) is 5.34. The quantitative estimate of drug-likeness (QED) is 0.560. The molecule has 1 aliphatic rings. The predicted octanol–water partition coefficient (Wildman–Crippen LogP) is 5.33. The molecule has 1 aliphatic heterocycles. The molecule has 0 N–H and O–H groups in total. The molecule has 0 aromatic heterocycles. The molecule has 0 unspecified atom stereocenters. The molecule has 164 valence electrons. The Morgan fingerprint density at radius 3 is 2.20 bits per heavy atom. The smallest absolute Gasteiger partial charge is 0.167 e. The summed E-state index contributed by atoms with van der Waals surface area (Å²) in [5, 5.41) is 0.294. The molecule has 0 aliphatic carbocycles. The fraction of sp³-hybridized carbons (Fsp3) is 0.538. The molecule has 4 heteroatoms. The second-order valence-corrected chi connectivity index (χ2v) is 13.1. The van der Waals surface area contributed by atoms with E-state index in [1.807, 2.05) is 6.07 Å². The number of methoxy groups -OCH3 is 1. The standard InChI is InChI=1S/C26H39NO2Si/c1-24(2,3)30-29-25(4,5)26(22-12-8-7-9-13-22)15-17-27(18-16-26)20-21-11-10-14-23(19-21)28-6/h7-14,19H,15-18,20,30H2,1-6H3. The van der Waals surface area contributed by atoms with Crippen molar-refractivity contribution in [2.24, 2.45) is 0 Å². The molecule has 1 fully saturated rings. The molecular formula is C26H39NO2Si. The van der Waals surface area contributed by atoms with Gasteiger partial charge < -0.3 is 9.16 Å². The Labute approximate surface area is 185 Å². The lowest BCUT2D eigenvalue weighted by Gasteiger charge is -2.52. The van der Waals surface area contributed by atoms with E-state index in [9.17, 15) is 0 Å². The van der Waals surface area contributed by atoms with Crippen LogP contribution in [0.3, 0.4) is 0 Å². The highest BCUT2D eigenvalue weighted by Gasteiger charge is 2.48. The van der Waals surface area contributed by atoms with Gasteiger partial charge in [-0.1, -0.05) is 63.2 Å². The van der Waals surface area contributed by atoms with Crippen molar-refractivity contribution in [1.82, 2.24) is 4.90 Å². The van der Waals surface area contributed by atoms with Gasteiger partial charge in [0, 0.05) is 12.0 Å². The first-order valence-electron chi connectivity index (χ1n) is 11.2. The van der Waals surface area contributed by atoms with E-state index in [1.165, 1.54) is 11.1 Å². The second kappa shape index (κ2) is 9.25. The maximum Gasteiger partial charge on any atom is 0.167 e. The van der Waals surface area contributed by atoms with Crippen molar-refractivity contribution in [2.45, 2.75) is 70.1 Å². The average molecular weight is 426 g/mol. The molecular weight excluding hydrogens is 386 g/mol. The minimum atomic E-state index is -0.636. The number of hydrogen-bond donors (Lipinski definition) is 0. The summed E-state index contributed by atoms with van der Waals surface area (Å²) in [5.41, 5.74) is 2.63. The predicted molar refractivity (Wildman–Crippen MR) is 129 cm³/mol. The molecule has 0 spiro atoms. The van der Waals surface area contributed by atoms with Crippen LogP contribution in [0, 0.1) is 0 Å². The van der Waals surface area contributed by atoms with Crippen LogP contribution in [0.15, 0.2) is 54.6 Å². The molecule has 3 nitrogen and oxygen atoms in total. The summed E-state index contributed by atoms with van der Waals surface area (Å²) in [5.74, 6) is 0.935. The van der Waals surface area contributed by atoms with Crippen LogP contribution >= 0.6 is 0 Å². The van der Waals surface area contributed by atoms with Crippen LogP contribution in [0.25, 0.3) is 0 Å². The van der Waals surface area contributed by atoms with Gasteiger partial charge in [-0.25, -0.2) is 0 Å². The maximum absolute atomic E-state index is 6.78. The molecule has 1 heterocycles. The number of benzene rings is 2. The van der Waals surface area contributed by atoms with Crippen LogP contribution in [0.1, 0.15) is 58.6 Å². The number of rotatable bonds is 7. The number of likely N-dealkylation sites (tertiary alicyclic amines) is 1. The lowest BCUT2D eigenvalue weighted by atomic mass is 9.63. The number of piperidine rings is 1. The van der Waals surface area contributed by atoms with Crippen molar-refractivity contribution >= 4 is 9.76 Å². The van der Waals surface area contributed by atoms with Gasteiger partial charge in [0.25, 0.3) is 0 Å². The first-order valence-corrected chi connectivity index (χ1v) is 12.5. The fourth-order valence-electron chi connectivity index (χ4n) is 4.65. The van der Waals surface area contributed by atoms with Crippen LogP contribution < -0.4 is 4.74 Å². The van der Waals surface area contributed by atoms with E-state index >= 15 is 0 Å². The van der Waals surface area contributed by atoms with Crippen LogP contribution in [0.4, 0.5) is 0 Å². The average Bonchev–Trinajstić information content (AvgIpc) is 2.73. The van der Waals surface area contributed by atoms with Crippen molar-refractivity contribution in [3.63, 3.8) is 0 Å². The first kappa shape index (κ1) is 23.0. The third-order valence-electron chi connectivity index (χ3n) is 6.59. The van der Waals surface area contributed by atoms with Gasteiger partial charge in [-0.3, -0.25) is 4.90 Å². The molecule has 2 aromatic rings. The highest BCUT2D eigenvalue weighted by atomic mass is 28.2. The van der Waals surface area contributed by atoms with Gasteiger partial charge in [-0.15, -0.1) is 0 Å². The van der Waals surface area contributed by atoms with Gasteiger partial charge in [-0.05, 0) is 68.1 Å². The Bertz CT molecular complexity index is 805. The maximum atomic E-state index is 6.78. The first-order chi connectivity index (χ1) is 14.2. The van der Waals surface area contributed by atoms with Crippen LogP contribution in [0.5, 0.6) is 5.75 Å². The molecule has 3 rings (SSSR count). The second-order valence-electron chi connectivity index (χ2n) is 10.4. The van der Waals surface area contributed by atoms with Gasteiger partial charge in [0.2, 0.25) is 0 Å². The number of ether oxygens (including phenoxy) is 1. The topological polar surface area (TPSA) is 21.7 Å².